The molecule has 0 unspecified atom stereocenters. The molecule has 5 heteroatoms. The molecule has 0 saturated carbocycles. The second-order valence-electron chi connectivity index (χ2n) is 4.49. The molecule has 5 nitrogen and oxygen atoms in total. The lowest BCUT2D eigenvalue weighted by Gasteiger charge is -2.34. The Morgan fingerprint density at radius 3 is 2.47 bits per heavy atom. The number of amidine groups is 1. The van der Waals surface area contributed by atoms with Crippen molar-refractivity contribution >= 4 is 17.2 Å². The fraction of sp³-hybridized carbons (Fsp3) is 0.417. The summed E-state index contributed by atoms with van der Waals surface area (Å²) in [6, 6.07) is 5.29. The highest BCUT2D eigenvalue weighted by atomic mass is 15.3. The van der Waals surface area contributed by atoms with E-state index in [0.717, 1.165) is 31.7 Å². The second kappa shape index (κ2) is 4.63. The molecule has 1 aromatic rings. The first-order valence-electron chi connectivity index (χ1n) is 5.75. The largest absolute Gasteiger partial charge is 0.399 e. The molecule has 17 heavy (non-hydrogen) atoms. The first-order valence-corrected chi connectivity index (χ1v) is 5.75. The van der Waals surface area contributed by atoms with Gasteiger partial charge in [0.15, 0.2) is 0 Å². The lowest BCUT2D eigenvalue weighted by atomic mass is 10.1. The van der Waals surface area contributed by atoms with E-state index in [0.29, 0.717) is 17.2 Å². The van der Waals surface area contributed by atoms with Crippen molar-refractivity contribution in [2.24, 2.45) is 0 Å². The molecule has 2 rings (SSSR count). The highest BCUT2D eigenvalue weighted by Gasteiger charge is 2.19. The number of nitrogens with two attached hydrogens (primary N) is 2. The van der Waals surface area contributed by atoms with E-state index in [9.17, 15) is 0 Å². The summed E-state index contributed by atoms with van der Waals surface area (Å²) in [6.45, 7) is 3.68. The van der Waals surface area contributed by atoms with Crippen LogP contribution in [0, 0.1) is 5.41 Å². The number of nitrogens with one attached hydrogen (secondary N) is 1. The van der Waals surface area contributed by atoms with Gasteiger partial charge in [-0.15, -0.1) is 0 Å². The average molecular weight is 233 g/mol. The molecule has 0 aliphatic carbocycles. The van der Waals surface area contributed by atoms with Crippen molar-refractivity contribution in [2.75, 3.05) is 44.7 Å². The molecule has 0 atom stereocenters. The Labute approximate surface area is 102 Å². The molecular formula is C12H19N5. The van der Waals surface area contributed by atoms with Crippen LogP contribution in [0.15, 0.2) is 18.2 Å². The predicted octanol–water partition coefficient (Wildman–Crippen LogP) is 0.424. The van der Waals surface area contributed by atoms with Gasteiger partial charge in [-0.3, -0.25) is 5.41 Å². The summed E-state index contributed by atoms with van der Waals surface area (Å²) < 4.78 is 0. The minimum atomic E-state index is 0.475. The molecule has 0 spiro atoms. The van der Waals surface area contributed by atoms with Gasteiger partial charge in [0.05, 0.1) is 0 Å². The molecule has 1 aliphatic heterocycles. The molecule has 92 valence electrons. The minimum absolute atomic E-state index is 0.475. The van der Waals surface area contributed by atoms with Crippen LogP contribution in [0.2, 0.25) is 0 Å². The van der Waals surface area contributed by atoms with E-state index in [2.05, 4.69) is 11.9 Å². The van der Waals surface area contributed by atoms with E-state index in [1.807, 2.05) is 4.90 Å². The van der Waals surface area contributed by atoms with Crippen LogP contribution in [0.25, 0.3) is 0 Å². The van der Waals surface area contributed by atoms with Gasteiger partial charge < -0.3 is 21.3 Å². The van der Waals surface area contributed by atoms with E-state index in [4.69, 9.17) is 16.9 Å². The summed E-state index contributed by atoms with van der Waals surface area (Å²) >= 11 is 0. The number of hydrogen-bond acceptors (Lipinski definition) is 4. The number of likely N-dealkylation sites (N-methyl/N-ethyl adjacent to an activating group) is 1. The van der Waals surface area contributed by atoms with Gasteiger partial charge in [0.2, 0.25) is 0 Å². The Balaban J connectivity index is 2.16. The highest BCUT2D eigenvalue weighted by Crippen LogP contribution is 2.18. The fourth-order valence-corrected chi connectivity index (χ4v) is 1.98. The zero-order valence-electron chi connectivity index (χ0n) is 10.1. The van der Waals surface area contributed by atoms with Crippen molar-refractivity contribution in [2.45, 2.75) is 0 Å². The van der Waals surface area contributed by atoms with Crippen LogP contribution in [-0.4, -0.2) is 48.9 Å². The van der Waals surface area contributed by atoms with Gasteiger partial charge in [0.25, 0.3) is 0 Å². The number of rotatable bonds is 1. The maximum atomic E-state index is 8.20. The van der Waals surface area contributed by atoms with Crippen molar-refractivity contribution in [3.05, 3.63) is 23.8 Å². The van der Waals surface area contributed by atoms with Crippen LogP contribution in [0.3, 0.4) is 0 Å². The molecule has 1 aliphatic rings. The maximum Gasteiger partial charge on any atom is 0.130 e. The molecule has 1 saturated heterocycles. The fourth-order valence-electron chi connectivity index (χ4n) is 1.98. The second-order valence-corrected chi connectivity index (χ2v) is 4.49. The summed E-state index contributed by atoms with van der Waals surface area (Å²) in [5.74, 6) is 0.475. The van der Waals surface area contributed by atoms with Crippen LogP contribution >= 0.6 is 0 Å². The van der Waals surface area contributed by atoms with Gasteiger partial charge in [0.1, 0.15) is 5.84 Å². The van der Waals surface area contributed by atoms with Crippen molar-refractivity contribution in [1.29, 1.82) is 5.41 Å². The highest BCUT2D eigenvalue weighted by molar-refractivity contribution is 6.01. The maximum absolute atomic E-state index is 8.20. The van der Waals surface area contributed by atoms with Gasteiger partial charge in [-0.05, 0) is 25.2 Å². The third-order valence-corrected chi connectivity index (χ3v) is 3.15. The van der Waals surface area contributed by atoms with Gasteiger partial charge in [0, 0.05) is 43.1 Å². The van der Waals surface area contributed by atoms with Gasteiger partial charge in [-0.1, -0.05) is 0 Å². The third kappa shape index (κ3) is 2.50. The monoisotopic (exact) mass is 233 g/mol. The number of benzene rings is 1. The molecule has 1 aromatic carbocycles. The Hall–Kier alpha value is -1.75. The number of nitrogens with zero attached hydrogens (tertiary/aromatic N) is 2. The topological polar surface area (TPSA) is 82.4 Å². The van der Waals surface area contributed by atoms with Crippen LogP contribution in [0.5, 0.6) is 0 Å². The lowest BCUT2D eigenvalue weighted by molar-refractivity contribution is 0.215. The van der Waals surface area contributed by atoms with Gasteiger partial charge in [-0.2, -0.15) is 0 Å². The van der Waals surface area contributed by atoms with Crippen molar-refractivity contribution in [3.8, 4) is 0 Å². The minimum Gasteiger partial charge on any atom is -0.399 e. The number of hydrogen-bond donors (Lipinski definition) is 3. The Morgan fingerprint density at radius 1 is 1.18 bits per heavy atom. The van der Waals surface area contributed by atoms with E-state index in [1.165, 1.54) is 0 Å². The van der Waals surface area contributed by atoms with E-state index in [1.54, 1.807) is 18.2 Å². The lowest BCUT2D eigenvalue weighted by Crippen LogP contribution is -2.47. The summed E-state index contributed by atoms with van der Waals surface area (Å²) in [5.41, 5.74) is 13.6. The van der Waals surface area contributed by atoms with E-state index < -0.39 is 0 Å². The normalized spacial score (nSPS) is 17.1. The number of piperazine rings is 1. The SMILES string of the molecule is CN1CCN(C(=N)c2cc(N)ccc2N)CC1. The van der Waals surface area contributed by atoms with Crippen LogP contribution < -0.4 is 11.5 Å². The van der Waals surface area contributed by atoms with Gasteiger partial charge >= 0.3 is 0 Å². The van der Waals surface area contributed by atoms with E-state index >= 15 is 0 Å². The molecule has 1 heterocycles. The molecule has 0 amide bonds. The van der Waals surface area contributed by atoms with Gasteiger partial charge in [-0.25, -0.2) is 0 Å². The number of anilines is 2. The van der Waals surface area contributed by atoms with Crippen LogP contribution in [0.1, 0.15) is 5.56 Å². The van der Waals surface area contributed by atoms with E-state index in [-0.39, 0.29) is 0 Å². The summed E-state index contributed by atoms with van der Waals surface area (Å²) in [7, 11) is 2.09. The molecular weight excluding hydrogens is 214 g/mol. The molecule has 0 radical (unpaired) electrons. The van der Waals surface area contributed by atoms with Crippen LogP contribution in [0.4, 0.5) is 11.4 Å². The molecule has 5 N–H and O–H groups in total. The summed E-state index contributed by atoms with van der Waals surface area (Å²) in [4.78, 5) is 4.30. The smallest absolute Gasteiger partial charge is 0.130 e. The first-order chi connectivity index (χ1) is 8.08. The number of nitrogen functional groups attached to an aromatic ring is 2. The summed E-state index contributed by atoms with van der Waals surface area (Å²) in [6.07, 6.45) is 0. The van der Waals surface area contributed by atoms with Crippen molar-refractivity contribution in [1.82, 2.24) is 9.80 Å². The molecule has 0 bridgehead atoms. The summed E-state index contributed by atoms with van der Waals surface area (Å²) in [5, 5.41) is 8.20. The van der Waals surface area contributed by atoms with Crippen molar-refractivity contribution < 1.29 is 0 Å². The molecule has 0 aromatic heterocycles. The van der Waals surface area contributed by atoms with Crippen LogP contribution in [-0.2, 0) is 0 Å². The Kier molecular flexibility index (Phi) is 3.19. The van der Waals surface area contributed by atoms with Crippen molar-refractivity contribution in [3.63, 3.8) is 0 Å². The standard InChI is InChI=1S/C12H19N5/c1-16-4-6-17(7-5-16)12(15)10-8-9(13)2-3-11(10)14/h2-3,8,15H,4-7,13-14H2,1H3. The Morgan fingerprint density at radius 2 is 1.82 bits per heavy atom. The zero-order valence-corrected chi connectivity index (χ0v) is 10.1. The quantitative estimate of drug-likeness (QED) is 0.373. The zero-order chi connectivity index (χ0) is 12.4. The average Bonchev–Trinajstić information content (AvgIpc) is 2.32. The molecule has 1 fully saturated rings. The predicted molar refractivity (Wildman–Crippen MR) is 71.2 cm³/mol. The third-order valence-electron chi connectivity index (χ3n) is 3.15. The first kappa shape index (κ1) is 11.7. The Bertz CT molecular complexity index is 421.